The van der Waals surface area contributed by atoms with E-state index >= 15 is 0 Å². The Morgan fingerprint density at radius 1 is 1.53 bits per heavy atom. The van der Waals surface area contributed by atoms with Gasteiger partial charge in [0.1, 0.15) is 5.82 Å². The Kier molecular flexibility index (Phi) is 4.81. The number of halogens is 1. The predicted octanol–water partition coefficient (Wildman–Crippen LogP) is 2.88. The topological polar surface area (TPSA) is 49.8 Å². The summed E-state index contributed by atoms with van der Waals surface area (Å²) in [4.78, 5) is 8.43. The third-order valence-electron chi connectivity index (χ3n) is 2.07. The summed E-state index contributed by atoms with van der Waals surface area (Å²) in [5.74, 6) is 1.47. The molecule has 15 heavy (non-hydrogen) atoms. The van der Waals surface area contributed by atoms with Gasteiger partial charge >= 0.3 is 0 Å². The van der Waals surface area contributed by atoms with Crippen LogP contribution in [0.3, 0.4) is 0 Å². The first-order valence-corrected chi connectivity index (χ1v) is 5.93. The molecular formula is C10H17BrN4. The van der Waals surface area contributed by atoms with Crippen LogP contribution in [0.4, 0.5) is 11.8 Å². The predicted molar refractivity (Wildman–Crippen MR) is 67.3 cm³/mol. The number of rotatable bonds is 5. The van der Waals surface area contributed by atoms with Gasteiger partial charge in [0.15, 0.2) is 0 Å². The molecule has 1 heterocycles. The number of nitrogens with one attached hydrogen (secondary N) is 2. The Hall–Kier alpha value is -0.840. The van der Waals surface area contributed by atoms with Crippen LogP contribution >= 0.6 is 15.9 Å². The highest BCUT2D eigenvalue weighted by Crippen LogP contribution is 2.21. The SMILES string of the molecule is CCCC(C)Nc1nc(NC)ncc1Br. The molecule has 0 saturated carbocycles. The van der Waals surface area contributed by atoms with Gasteiger partial charge in [-0.05, 0) is 29.3 Å². The first-order chi connectivity index (χ1) is 7.17. The molecule has 0 fully saturated rings. The maximum Gasteiger partial charge on any atom is 0.224 e. The average Bonchev–Trinajstić information content (AvgIpc) is 2.21. The summed E-state index contributed by atoms with van der Waals surface area (Å²) in [5.41, 5.74) is 0. The third kappa shape index (κ3) is 3.66. The van der Waals surface area contributed by atoms with Crippen LogP contribution < -0.4 is 10.6 Å². The van der Waals surface area contributed by atoms with Crippen LogP contribution in [0.1, 0.15) is 26.7 Å². The molecule has 1 aromatic rings. The first kappa shape index (κ1) is 12.2. The Morgan fingerprint density at radius 3 is 2.87 bits per heavy atom. The zero-order valence-corrected chi connectivity index (χ0v) is 10.9. The van der Waals surface area contributed by atoms with Gasteiger partial charge in [-0.1, -0.05) is 13.3 Å². The van der Waals surface area contributed by atoms with Crippen LogP contribution in [0, 0.1) is 0 Å². The summed E-state index contributed by atoms with van der Waals surface area (Å²) < 4.78 is 0.893. The van der Waals surface area contributed by atoms with E-state index in [1.54, 1.807) is 6.20 Å². The van der Waals surface area contributed by atoms with Crippen molar-refractivity contribution >= 4 is 27.7 Å². The van der Waals surface area contributed by atoms with Crippen molar-refractivity contribution < 1.29 is 0 Å². The minimum atomic E-state index is 0.422. The zero-order chi connectivity index (χ0) is 11.3. The maximum absolute atomic E-state index is 4.33. The number of nitrogens with zero attached hydrogens (tertiary/aromatic N) is 2. The third-order valence-corrected chi connectivity index (χ3v) is 2.65. The summed E-state index contributed by atoms with van der Waals surface area (Å²) in [7, 11) is 1.81. The number of hydrogen-bond acceptors (Lipinski definition) is 4. The van der Waals surface area contributed by atoms with Gasteiger partial charge in [-0.15, -0.1) is 0 Å². The molecule has 0 bridgehead atoms. The molecule has 4 nitrogen and oxygen atoms in total. The minimum Gasteiger partial charge on any atom is -0.367 e. The smallest absolute Gasteiger partial charge is 0.224 e. The molecule has 1 rings (SSSR count). The second kappa shape index (κ2) is 5.90. The Morgan fingerprint density at radius 2 is 2.27 bits per heavy atom. The molecule has 0 spiro atoms. The molecule has 1 aromatic heterocycles. The molecule has 0 amide bonds. The van der Waals surface area contributed by atoms with Crippen molar-refractivity contribution in [2.75, 3.05) is 17.7 Å². The summed E-state index contributed by atoms with van der Waals surface area (Å²) >= 11 is 3.42. The molecule has 0 radical (unpaired) electrons. The van der Waals surface area contributed by atoms with E-state index in [1.165, 1.54) is 0 Å². The fourth-order valence-electron chi connectivity index (χ4n) is 1.33. The quantitative estimate of drug-likeness (QED) is 0.866. The standard InChI is InChI=1S/C10H17BrN4/c1-4-5-7(2)14-9-8(11)6-13-10(12-3)15-9/h6-7H,4-5H2,1-3H3,(H2,12,13,14,15). The Bertz CT molecular complexity index is 316. The van der Waals surface area contributed by atoms with E-state index in [9.17, 15) is 0 Å². The van der Waals surface area contributed by atoms with E-state index < -0.39 is 0 Å². The van der Waals surface area contributed by atoms with Crippen molar-refractivity contribution in [2.45, 2.75) is 32.7 Å². The number of aromatic nitrogens is 2. The van der Waals surface area contributed by atoms with Gasteiger partial charge in [0.2, 0.25) is 5.95 Å². The lowest BCUT2D eigenvalue weighted by Crippen LogP contribution is -2.16. The van der Waals surface area contributed by atoms with E-state index in [1.807, 2.05) is 7.05 Å². The molecule has 5 heteroatoms. The summed E-state index contributed by atoms with van der Waals surface area (Å²) in [6.07, 6.45) is 4.04. The molecule has 0 aliphatic carbocycles. The zero-order valence-electron chi connectivity index (χ0n) is 9.34. The van der Waals surface area contributed by atoms with Crippen molar-refractivity contribution in [3.63, 3.8) is 0 Å². The van der Waals surface area contributed by atoms with Gasteiger partial charge in [-0.25, -0.2) is 4.98 Å². The van der Waals surface area contributed by atoms with Crippen molar-refractivity contribution in [1.82, 2.24) is 9.97 Å². The van der Waals surface area contributed by atoms with Gasteiger partial charge in [-0.2, -0.15) is 4.98 Å². The lowest BCUT2D eigenvalue weighted by atomic mass is 10.2. The van der Waals surface area contributed by atoms with E-state index in [4.69, 9.17) is 0 Å². The highest BCUT2D eigenvalue weighted by atomic mass is 79.9. The van der Waals surface area contributed by atoms with Crippen LogP contribution in [0.2, 0.25) is 0 Å². The van der Waals surface area contributed by atoms with Gasteiger partial charge in [-0.3, -0.25) is 0 Å². The summed E-state index contributed by atoms with van der Waals surface area (Å²) in [6, 6.07) is 0.422. The molecule has 0 aliphatic rings. The average molecular weight is 273 g/mol. The fourth-order valence-corrected chi connectivity index (χ4v) is 1.63. The number of anilines is 2. The van der Waals surface area contributed by atoms with Crippen LogP contribution in [0.5, 0.6) is 0 Å². The summed E-state index contributed by atoms with van der Waals surface area (Å²) in [5, 5.41) is 6.26. The minimum absolute atomic E-state index is 0.422. The second-order valence-corrected chi connectivity index (χ2v) is 4.33. The van der Waals surface area contributed by atoms with E-state index in [2.05, 4.69) is 50.4 Å². The summed E-state index contributed by atoms with van der Waals surface area (Å²) in [6.45, 7) is 4.32. The molecule has 2 N–H and O–H groups in total. The molecular weight excluding hydrogens is 256 g/mol. The monoisotopic (exact) mass is 272 g/mol. The molecule has 84 valence electrons. The van der Waals surface area contributed by atoms with E-state index in [0.29, 0.717) is 12.0 Å². The van der Waals surface area contributed by atoms with Gasteiger partial charge in [0, 0.05) is 19.3 Å². The first-order valence-electron chi connectivity index (χ1n) is 5.14. The molecule has 0 saturated heterocycles. The van der Waals surface area contributed by atoms with Crippen molar-refractivity contribution in [2.24, 2.45) is 0 Å². The molecule has 0 aromatic carbocycles. The Balaban J connectivity index is 2.74. The van der Waals surface area contributed by atoms with Crippen molar-refractivity contribution in [3.05, 3.63) is 10.7 Å². The highest BCUT2D eigenvalue weighted by Gasteiger charge is 2.07. The Labute approximate surface area is 99.0 Å². The van der Waals surface area contributed by atoms with Crippen LogP contribution in [-0.4, -0.2) is 23.1 Å². The molecule has 1 unspecified atom stereocenters. The number of hydrogen-bond donors (Lipinski definition) is 2. The second-order valence-electron chi connectivity index (χ2n) is 3.47. The van der Waals surface area contributed by atoms with E-state index in [-0.39, 0.29) is 0 Å². The van der Waals surface area contributed by atoms with Crippen molar-refractivity contribution in [1.29, 1.82) is 0 Å². The van der Waals surface area contributed by atoms with Crippen LogP contribution in [0.15, 0.2) is 10.7 Å². The van der Waals surface area contributed by atoms with Crippen molar-refractivity contribution in [3.8, 4) is 0 Å². The highest BCUT2D eigenvalue weighted by molar-refractivity contribution is 9.10. The normalized spacial score (nSPS) is 12.3. The van der Waals surface area contributed by atoms with Gasteiger partial charge < -0.3 is 10.6 Å². The van der Waals surface area contributed by atoms with E-state index in [0.717, 1.165) is 23.1 Å². The fraction of sp³-hybridized carbons (Fsp3) is 0.600. The van der Waals surface area contributed by atoms with Crippen LogP contribution in [-0.2, 0) is 0 Å². The maximum atomic E-state index is 4.33. The lowest BCUT2D eigenvalue weighted by Gasteiger charge is -2.14. The largest absolute Gasteiger partial charge is 0.367 e. The lowest BCUT2D eigenvalue weighted by molar-refractivity contribution is 0.687. The van der Waals surface area contributed by atoms with Gasteiger partial charge in [0.25, 0.3) is 0 Å². The molecule has 1 atom stereocenters. The van der Waals surface area contributed by atoms with Crippen LogP contribution in [0.25, 0.3) is 0 Å². The van der Waals surface area contributed by atoms with Gasteiger partial charge in [0.05, 0.1) is 4.47 Å². The molecule has 0 aliphatic heterocycles.